The van der Waals surface area contributed by atoms with Gasteiger partial charge in [-0.1, -0.05) is 48.5 Å². The van der Waals surface area contributed by atoms with E-state index in [1.54, 1.807) is 0 Å². The van der Waals surface area contributed by atoms with Gasteiger partial charge in [0, 0.05) is 21.8 Å². The number of hydrogen-bond donors (Lipinski definition) is 0. The van der Waals surface area contributed by atoms with Crippen molar-refractivity contribution >= 4 is 43.7 Å². The van der Waals surface area contributed by atoms with E-state index >= 15 is 0 Å². The van der Waals surface area contributed by atoms with Gasteiger partial charge in [-0.15, -0.1) is 0 Å². The number of aryl methyl sites for hydroxylation is 1. The number of nitrogens with zero attached hydrogens (tertiary/aromatic N) is 1. The van der Waals surface area contributed by atoms with Gasteiger partial charge in [0.15, 0.2) is 0 Å². The minimum absolute atomic E-state index is 0.931. The number of benzene rings is 4. The van der Waals surface area contributed by atoms with Crippen molar-refractivity contribution in [3.05, 3.63) is 90.5 Å². The van der Waals surface area contributed by atoms with E-state index in [2.05, 4.69) is 84.3 Å². The summed E-state index contributed by atoms with van der Waals surface area (Å²) in [4.78, 5) is 0. The van der Waals surface area contributed by atoms with Crippen LogP contribution >= 0.6 is 0 Å². The number of furan rings is 1. The standard InChI is InChI=1S/C25H17NO/c1-16-7-6-8-17(15-16)26-21-11-4-2-9-18(21)19-13-14-23-24(25(19)26)20-10-3-5-12-22(20)27-23/h2-15H,1H3. The van der Waals surface area contributed by atoms with Crippen molar-refractivity contribution in [3.8, 4) is 5.69 Å². The lowest BCUT2D eigenvalue weighted by Crippen LogP contribution is -1.94. The summed E-state index contributed by atoms with van der Waals surface area (Å²) in [6.07, 6.45) is 0. The first-order valence-electron chi connectivity index (χ1n) is 9.22. The molecule has 4 aromatic carbocycles. The van der Waals surface area contributed by atoms with E-state index in [0.717, 1.165) is 16.6 Å². The summed E-state index contributed by atoms with van der Waals surface area (Å²) in [6.45, 7) is 2.14. The molecule has 0 aliphatic carbocycles. The fourth-order valence-electron chi connectivity index (χ4n) is 4.30. The Morgan fingerprint density at radius 2 is 1.48 bits per heavy atom. The lowest BCUT2D eigenvalue weighted by Gasteiger charge is -2.09. The Kier molecular flexibility index (Phi) is 2.84. The summed E-state index contributed by atoms with van der Waals surface area (Å²) in [5, 5.41) is 4.86. The van der Waals surface area contributed by atoms with E-state index in [9.17, 15) is 0 Å². The molecule has 0 amide bonds. The number of aromatic nitrogens is 1. The minimum atomic E-state index is 0.931. The van der Waals surface area contributed by atoms with E-state index in [1.165, 1.54) is 38.4 Å². The summed E-state index contributed by atoms with van der Waals surface area (Å²) in [5.41, 5.74) is 6.73. The molecule has 2 aromatic heterocycles. The maximum absolute atomic E-state index is 6.16. The molecule has 0 aliphatic heterocycles. The molecule has 0 saturated carbocycles. The van der Waals surface area contributed by atoms with E-state index in [-0.39, 0.29) is 0 Å². The Bertz CT molecular complexity index is 1480. The molecule has 0 N–H and O–H groups in total. The summed E-state index contributed by atoms with van der Waals surface area (Å²) < 4.78 is 8.53. The summed E-state index contributed by atoms with van der Waals surface area (Å²) in [6, 6.07) is 29.9. The molecule has 6 aromatic rings. The Hall–Kier alpha value is -3.52. The van der Waals surface area contributed by atoms with Crippen LogP contribution in [0.2, 0.25) is 0 Å². The third-order valence-electron chi connectivity index (χ3n) is 5.43. The van der Waals surface area contributed by atoms with Crippen LogP contribution in [0.15, 0.2) is 89.3 Å². The molecule has 0 saturated heterocycles. The maximum atomic E-state index is 6.16. The highest BCUT2D eigenvalue weighted by atomic mass is 16.3. The van der Waals surface area contributed by atoms with Crippen LogP contribution in [0.3, 0.4) is 0 Å². The Balaban J connectivity index is 1.94. The molecule has 0 radical (unpaired) electrons. The molecule has 2 heterocycles. The predicted molar refractivity (Wildman–Crippen MR) is 113 cm³/mol. The quantitative estimate of drug-likeness (QED) is 0.313. The first kappa shape index (κ1) is 14.6. The van der Waals surface area contributed by atoms with Crippen molar-refractivity contribution in [2.45, 2.75) is 6.92 Å². The number of fused-ring (bicyclic) bond motifs is 7. The zero-order valence-electron chi connectivity index (χ0n) is 14.9. The lowest BCUT2D eigenvalue weighted by molar-refractivity contribution is 0.669. The molecule has 0 fully saturated rings. The SMILES string of the molecule is Cc1cccc(-n2c3ccccc3c3ccc4oc5ccccc5c4c32)c1. The van der Waals surface area contributed by atoms with Crippen LogP contribution in [0.5, 0.6) is 0 Å². The third kappa shape index (κ3) is 1.95. The van der Waals surface area contributed by atoms with Gasteiger partial charge in [0.05, 0.1) is 16.4 Å². The molecule has 0 spiro atoms. The van der Waals surface area contributed by atoms with Crippen molar-refractivity contribution in [2.24, 2.45) is 0 Å². The molecule has 2 heteroatoms. The van der Waals surface area contributed by atoms with Gasteiger partial charge in [0.1, 0.15) is 11.2 Å². The summed E-state index contributed by atoms with van der Waals surface area (Å²) in [7, 11) is 0. The van der Waals surface area contributed by atoms with E-state index in [1.807, 2.05) is 12.1 Å². The van der Waals surface area contributed by atoms with Gasteiger partial charge in [0.2, 0.25) is 0 Å². The third-order valence-corrected chi connectivity index (χ3v) is 5.43. The highest BCUT2D eigenvalue weighted by Crippen LogP contribution is 2.40. The molecule has 0 aliphatic rings. The van der Waals surface area contributed by atoms with Gasteiger partial charge in [-0.25, -0.2) is 0 Å². The largest absolute Gasteiger partial charge is 0.456 e. The zero-order valence-corrected chi connectivity index (χ0v) is 14.9. The van der Waals surface area contributed by atoms with Gasteiger partial charge in [-0.2, -0.15) is 0 Å². The van der Waals surface area contributed by atoms with Gasteiger partial charge in [-0.05, 0) is 48.9 Å². The summed E-state index contributed by atoms with van der Waals surface area (Å²) in [5.74, 6) is 0. The number of para-hydroxylation sites is 2. The van der Waals surface area contributed by atoms with Crippen molar-refractivity contribution < 1.29 is 4.42 Å². The molecule has 2 nitrogen and oxygen atoms in total. The van der Waals surface area contributed by atoms with Crippen LogP contribution in [0.4, 0.5) is 0 Å². The predicted octanol–water partition coefficient (Wildman–Crippen LogP) is 6.99. The Labute approximate surface area is 156 Å². The molecule has 128 valence electrons. The second kappa shape index (κ2) is 5.24. The van der Waals surface area contributed by atoms with Gasteiger partial charge in [0.25, 0.3) is 0 Å². The fraction of sp³-hybridized carbons (Fsp3) is 0.0400. The molecule has 27 heavy (non-hydrogen) atoms. The van der Waals surface area contributed by atoms with Gasteiger partial charge < -0.3 is 8.98 Å². The average Bonchev–Trinajstić information content (AvgIpc) is 3.23. The Morgan fingerprint density at radius 3 is 2.37 bits per heavy atom. The monoisotopic (exact) mass is 347 g/mol. The van der Waals surface area contributed by atoms with E-state index in [0.29, 0.717) is 0 Å². The van der Waals surface area contributed by atoms with Crippen LogP contribution in [0.25, 0.3) is 49.4 Å². The molecule has 0 bridgehead atoms. The van der Waals surface area contributed by atoms with Gasteiger partial charge >= 0.3 is 0 Å². The highest BCUT2D eigenvalue weighted by Gasteiger charge is 2.18. The maximum Gasteiger partial charge on any atom is 0.137 e. The van der Waals surface area contributed by atoms with Crippen molar-refractivity contribution in [1.82, 2.24) is 4.57 Å². The van der Waals surface area contributed by atoms with Crippen molar-refractivity contribution in [2.75, 3.05) is 0 Å². The Morgan fingerprint density at radius 1 is 0.667 bits per heavy atom. The van der Waals surface area contributed by atoms with Gasteiger partial charge in [-0.3, -0.25) is 0 Å². The molecule has 6 rings (SSSR count). The molecule has 0 unspecified atom stereocenters. The second-order valence-corrected chi connectivity index (χ2v) is 7.12. The van der Waals surface area contributed by atoms with Crippen LogP contribution < -0.4 is 0 Å². The van der Waals surface area contributed by atoms with Crippen LogP contribution in [0.1, 0.15) is 5.56 Å². The smallest absolute Gasteiger partial charge is 0.137 e. The first-order chi connectivity index (χ1) is 13.3. The zero-order chi connectivity index (χ0) is 18.0. The molecular weight excluding hydrogens is 330 g/mol. The van der Waals surface area contributed by atoms with Crippen molar-refractivity contribution in [1.29, 1.82) is 0 Å². The minimum Gasteiger partial charge on any atom is -0.456 e. The number of rotatable bonds is 1. The molecule has 0 atom stereocenters. The molecular formula is C25H17NO. The van der Waals surface area contributed by atoms with E-state index < -0.39 is 0 Å². The van der Waals surface area contributed by atoms with Crippen LogP contribution in [0, 0.1) is 6.92 Å². The topological polar surface area (TPSA) is 18.1 Å². The number of hydrogen-bond acceptors (Lipinski definition) is 1. The lowest BCUT2D eigenvalue weighted by atomic mass is 10.1. The summed E-state index contributed by atoms with van der Waals surface area (Å²) >= 11 is 0. The van der Waals surface area contributed by atoms with Crippen molar-refractivity contribution in [3.63, 3.8) is 0 Å². The average molecular weight is 347 g/mol. The first-order valence-corrected chi connectivity index (χ1v) is 9.22. The van der Waals surface area contributed by atoms with Crippen LogP contribution in [-0.4, -0.2) is 4.57 Å². The second-order valence-electron chi connectivity index (χ2n) is 7.12. The van der Waals surface area contributed by atoms with E-state index in [4.69, 9.17) is 4.42 Å². The normalized spacial score (nSPS) is 11.9. The van der Waals surface area contributed by atoms with Crippen LogP contribution in [-0.2, 0) is 0 Å². The fourth-order valence-corrected chi connectivity index (χ4v) is 4.30. The highest BCUT2D eigenvalue weighted by molar-refractivity contribution is 6.24.